The summed E-state index contributed by atoms with van der Waals surface area (Å²) in [6, 6.07) is 9.48. The van der Waals surface area contributed by atoms with Crippen LogP contribution in [0.5, 0.6) is 11.5 Å². The van der Waals surface area contributed by atoms with Crippen molar-refractivity contribution in [3.05, 3.63) is 69.8 Å². The molecular weight excluding hydrogens is 557 g/mol. The van der Waals surface area contributed by atoms with Crippen molar-refractivity contribution in [2.45, 2.75) is 33.9 Å². The molecule has 2 aromatic heterocycles. The molecule has 3 N–H and O–H groups in total. The highest BCUT2D eigenvalue weighted by Gasteiger charge is 2.25. The molecule has 15 heteroatoms. The molecule has 0 aliphatic carbocycles. The van der Waals surface area contributed by atoms with E-state index in [0.29, 0.717) is 35.9 Å². The van der Waals surface area contributed by atoms with Gasteiger partial charge in [0.25, 0.3) is 5.91 Å². The molecule has 2 aromatic carbocycles. The first-order chi connectivity index (χ1) is 19.9. The minimum atomic E-state index is -0.587. The number of hydrogen-bond acceptors (Lipinski definition) is 11. The largest absolute Gasteiger partial charge is 0.490 e. The lowest BCUT2D eigenvalue weighted by atomic mass is 10.2. The number of anilines is 1. The van der Waals surface area contributed by atoms with Gasteiger partial charge in [0.15, 0.2) is 17.2 Å². The minimum Gasteiger partial charge on any atom is -0.490 e. The fourth-order valence-corrected chi connectivity index (χ4v) is 4.04. The van der Waals surface area contributed by atoms with Gasteiger partial charge in [-0.05, 0) is 66.2 Å². The Morgan fingerprint density at radius 3 is 2.68 bits per heavy atom. The smallest absolute Gasteiger partial charge is 0.293 e. The number of halogens is 2. The average Bonchev–Trinajstić information content (AvgIpc) is 3.57. The number of nitrogens with two attached hydrogens (primary N) is 1. The maximum absolute atomic E-state index is 14.1. The van der Waals surface area contributed by atoms with Gasteiger partial charge in [0, 0.05) is 12.1 Å². The number of ether oxygens (including phenoxy) is 2. The molecular formula is C26H29ClFN9O4. The number of hydrazone groups is 1. The second kappa shape index (κ2) is 13.7. The molecule has 0 saturated heterocycles. The predicted molar refractivity (Wildman–Crippen MR) is 149 cm³/mol. The number of hydrogen-bond donors (Lipinski definition) is 2. The zero-order valence-electron chi connectivity index (χ0n) is 22.7. The normalized spacial score (nSPS) is 11.4. The summed E-state index contributed by atoms with van der Waals surface area (Å²) in [4.78, 5) is 15.1. The van der Waals surface area contributed by atoms with E-state index in [1.165, 1.54) is 23.0 Å². The van der Waals surface area contributed by atoms with Gasteiger partial charge in [0.2, 0.25) is 11.6 Å². The number of nitrogen functional groups attached to an aromatic ring is 1. The van der Waals surface area contributed by atoms with E-state index in [9.17, 15) is 9.18 Å². The van der Waals surface area contributed by atoms with E-state index in [-0.39, 0.29) is 34.5 Å². The Bertz CT molecular complexity index is 1500. The lowest BCUT2D eigenvalue weighted by Gasteiger charge is -2.18. The van der Waals surface area contributed by atoms with Gasteiger partial charge < -0.3 is 15.2 Å². The Morgan fingerprint density at radius 1 is 1.20 bits per heavy atom. The highest BCUT2D eigenvalue weighted by atomic mass is 35.5. The highest BCUT2D eigenvalue weighted by Crippen LogP contribution is 2.30. The van der Waals surface area contributed by atoms with Crippen LogP contribution in [-0.2, 0) is 13.2 Å². The molecule has 0 fully saturated rings. The van der Waals surface area contributed by atoms with Gasteiger partial charge in [-0.15, -0.1) is 5.10 Å². The third-order valence-electron chi connectivity index (χ3n) is 6.02. The molecule has 0 saturated carbocycles. The molecule has 0 unspecified atom stereocenters. The lowest BCUT2D eigenvalue weighted by Crippen LogP contribution is -2.27. The number of rotatable bonds is 13. The maximum Gasteiger partial charge on any atom is 0.293 e. The molecule has 0 radical (unpaired) electrons. The van der Waals surface area contributed by atoms with Gasteiger partial charge in [0.05, 0.1) is 23.5 Å². The maximum atomic E-state index is 14.1. The van der Waals surface area contributed by atoms with Crippen LogP contribution in [0.2, 0.25) is 5.02 Å². The van der Waals surface area contributed by atoms with E-state index in [1.807, 2.05) is 20.8 Å². The van der Waals surface area contributed by atoms with E-state index in [0.717, 1.165) is 13.1 Å². The number of amides is 1. The first kappa shape index (κ1) is 29.4. The summed E-state index contributed by atoms with van der Waals surface area (Å²) in [6.45, 7) is 7.89. The van der Waals surface area contributed by atoms with Gasteiger partial charge >= 0.3 is 0 Å². The molecule has 0 spiro atoms. The Morgan fingerprint density at radius 2 is 2.00 bits per heavy atom. The van der Waals surface area contributed by atoms with Crippen LogP contribution in [0.25, 0.3) is 5.82 Å². The van der Waals surface area contributed by atoms with Crippen LogP contribution < -0.4 is 20.6 Å². The molecule has 0 atom stereocenters. The van der Waals surface area contributed by atoms with E-state index < -0.39 is 11.7 Å². The fourth-order valence-electron chi connectivity index (χ4n) is 3.82. The van der Waals surface area contributed by atoms with Crippen molar-refractivity contribution >= 4 is 29.5 Å². The van der Waals surface area contributed by atoms with Gasteiger partial charge in [0.1, 0.15) is 12.4 Å². The summed E-state index contributed by atoms with van der Waals surface area (Å²) in [6.07, 6.45) is 1.44. The van der Waals surface area contributed by atoms with E-state index >= 15 is 0 Å². The SMILES string of the molecule is CCOc1cc(C=NNC(=O)c2nnn(-c3nonc3N)c2CN(CC)CC)ccc1OCc1c(F)cccc1Cl. The quantitative estimate of drug-likeness (QED) is 0.175. The van der Waals surface area contributed by atoms with Crippen LogP contribution in [0.1, 0.15) is 48.1 Å². The van der Waals surface area contributed by atoms with Gasteiger partial charge in [-0.3, -0.25) is 9.69 Å². The van der Waals surface area contributed by atoms with Crippen molar-refractivity contribution < 1.29 is 23.3 Å². The Labute approximate surface area is 240 Å². The monoisotopic (exact) mass is 585 g/mol. The molecule has 4 aromatic rings. The zero-order valence-corrected chi connectivity index (χ0v) is 23.4. The van der Waals surface area contributed by atoms with Crippen molar-refractivity contribution in [3.63, 3.8) is 0 Å². The standard InChI is InChI=1S/C26H29ClFN9O4/c1-4-36(5-2)14-20-23(31-35-37(20)25-24(29)33-41-34-25)26(38)32-30-13-16-10-11-21(22(12-16)39-6-3)40-15-17-18(27)8-7-9-19(17)28/h7-13H,4-6,14-15H2,1-3H3,(H2,29,33)(H,32,38). The molecule has 0 aliphatic heterocycles. The van der Waals surface area contributed by atoms with Gasteiger partial charge in [-0.1, -0.05) is 36.7 Å². The van der Waals surface area contributed by atoms with Crippen LogP contribution >= 0.6 is 11.6 Å². The van der Waals surface area contributed by atoms with Crippen molar-refractivity contribution in [3.8, 4) is 17.3 Å². The molecule has 0 aliphatic rings. The van der Waals surface area contributed by atoms with Gasteiger partial charge in [-0.2, -0.15) is 9.78 Å². The fraction of sp³-hybridized carbons (Fsp3) is 0.308. The number of nitrogens with one attached hydrogen (secondary N) is 1. The number of nitrogens with zero attached hydrogens (tertiary/aromatic N) is 7. The summed E-state index contributed by atoms with van der Waals surface area (Å²) < 4.78 is 31.6. The first-order valence-electron chi connectivity index (χ1n) is 12.8. The lowest BCUT2D eigenvalue weighted by molar-refractivity contribution is 0.0948. The summed E-state index contributed by atoms with van der Waals surface area (Å²) in [5.41, 5.74) is 9.65. The van der Waals surface area contributed by atoms with Crippen molar-refractivity contribution in [2.75, 3.05) is 25.4 Å². The molecule has 4 rings (SSSR count). The molecule has 1 amide bonds. The molecule has 13 nitrogen and oxygen atoms in total. The average molecular weight is 586 g/mol. The summed E-state index contributed by atoms with van der Waals surface area (Å²) >= 11 is 6.10. The number of aromatic nitrogens is 5. The van der Waals surface area contributed by atoms with Crippen LogP contribution in [0.15, 0.2) is 46.1 Å². The van der Waals surface area contributed by atoms with Crippen molar-refractivity contribution in [1.29, 1.82) is 0 Å². The number of benzene rings is 2. The minimum absolute atomic E-state index is 0.00945. The van der Waals surface area contributed by atoms with Gasteiger partial charge in [-0.25, -0.2) is 14.4 Å². The summed E-state index contributed by atoms with van der Waals surface area (Å²) in [5, 5.41) is 19.8. The molecule has 0 bridgehead atoms. The van der Waals surface area contributed by atoms with Crippen LogP contribution in [0.4, 0.5) is 10.2 Å². The summed E-state index contributed by atoms with van der Waals surface area (Å²) in [5.74, 6) is -0.0987. The molecule has 216 valence electrons. The van der Waals surface area contributed by atoms with Crippen LogP contribution in [0, 0.1) is 5.82 Å². The van der Waals surface area contributed by atoms with Crippen molar-refractivity contribution in [1.82, 2.24) is 35.6 Å². The second-order valence-electron chi connectivity index (χ2n) is 8.56. The zero-order chi connectivity index (χ0) is 29.4. The topological polar surface area (TPSA) is 159 Å². The van der Waals surface area contributed by atoms with Crippen molar-refractivity contribution in [2.24, 2.45) is 5.10 Å². The Balaban J connectivity index is 1.50. The Hall–Kier alpha value is -4.56. The highest BCUT2D eigenvalue weighted by molar-refractivity contribution is 6.31. The molecule has 41 heavy (non-hydrogen) atoms. The van der Waals surface area contributed by atoms with Crippen LogP contribution in [0.3, 0.4) is 0 Å². The van der Waals surface area contributed by atoms with E-state index in [1.54, 1.807) is 24.3 Å². The first-order valence-corrected chi connectivity index (χ1v) is 13.1. The summed E-state index contributed by atoms with van der Waals surface area (Å²) in [7, 11) is 0. The molecule has 2 heterocycles. The van der Waals surface area contributed by atoms with E-state index in [2.05, 4.69) is 40.7 Å². The Kier molecular flexibility index (Phi) is 9.81. The number of carbonyl (C=O) groups is 1. The number of carbonyl (C=O) groups excluding carboxylic acids is 1. The third-order valence-corrected chi connectivity index (χ3v) is 6.38. The van der Waals surface area contributed by atoms with E-state index in [4.69, 9.17) is 26.8 Å². The predicted octanol–water partition coefficient (Wildman–Crippen LogP) is 3.61. The second-order valence-corrected chi connectivity index (χ2v) is 8.97. The van der Waals surface area contributed by atoms with Crippen LogP contribution in [-0.4, -0.2) is 62.0 Å². The third kappa shape index (κ3) is 6.96.